The maximum Gasteiger partial charge on any atom is 0.264 e. The van der Waals surface area contributed by atoms with Crippen LogP contribution in [0.3, 0.4) is 0 Å². The van der Waals surface area contributed by atoms with Crippen LogP contribution < -0.4 is 14.4 Å². The van der Waals surface area contributed by atoms with Crippen LogP contribution in [-0.2, 0) is 21.9 Å². The number of halogens is 1. The molecule has 2 N–H and O–H groups in total. The zero-order chi connectivity index (χ0) is 29.6. The Hall–Kier alpha value is -2.29. The fraction of sp³-hybridized carbons (Fsp3) is 0.606. The summed E-state index contributed by atoms with van der Waals surface area (Å²) < 4.78 is 35.3. The van der Waals surface area contributed by atoms with Crippen LogP contribution in [-0.4, -0.2) is 50.5 Å². The average Bonchev–Trinajstić information content (AvgIpc) is 3.09. The molecule has 0 saturated heterocycles. The normalized spacial score (nSPS) is 33.2. The van der Waals surface area contributed by atoms with E-state index in [0.29, 0.717) is 30.4 Å². The van der Waals surface area contributed by atoms with Crippen LogP contribution in [0.15, 0.2) is 36.4 Å². The molecule has 42 heavy (non-hydrogen) atoms. The fourth-order valence-corrected chi connectivity index (χ4v) is 9.23. The highest BCUT2D eigenvalue weighted by Gasteiger charge is 2.44. The van der Waals surface area contributed by atoms with Crippen molar-refractivity contribution in [2.45, 2.75) is 88.4 Å². The van der Waals surface area contributed by atoms with Gasteiger partial charge >= 0.3 is 0 Å². The van der Waals surface area contributed by atoms with Gasteiger partial charge in [0.05, 0.1) is 23.6 Å². The van der Waals surface area contributed by atoms with Gasteiger partial charge in [0, 0.05) is 29.1 Å². The summed E-state index contributed by atoms with van der Waals surface area (Å²) in [5.74, 6) is 0.548. The number of nitrogens with zero attached hydrogens (tertiary/aromatic N) is 1. The maximum absolute atomic E-state index is 13.4. The van der Waals surface area contributed by atoms with Crippen molar-refractivity contribution >= 4 is 33.2 Å². The Bertz CT molecular complexity index is 1450. The van der Waals surface area contributed by atoms with E-state index in [2.05, 4.69) is 21.8 Å². The van der Waals surface area contributed by atoms with Crippen molar-refractivity contribution in [3.05, 3.63) is 58.1 Å². The highest BCUT2D eigenvalue weighted by atomic mass is 35.5. The van der Waals surface area contributed by atoms with Gasteiger partial charge in [-0.05, 0) is 111 Å². The topological polar surface area (TPSA) is 95.9 Å². The lowest BCUT2D eigenvalue weighted by molar-refractivity contribution is 0.00890. The number of aliphatic hydroxyl groups excluding tert-OH is 1. The summed E-state index contributed by atoms with van der Waals surface area (Å²) in [4.78, 5) is 15.7. The second kappa shape index (κ2) is 11.7. The molecule has 1 fully saturated rings. The summed E-state index contributed by atoms with van der Waals surface area (Å²) >= 11 is 6.39. The van der Waals surface area contributed by atoms with Crippen LogP contribution in [0.5, 0.6) is 5.75 Å². The van der Waals surface area contributed by atoms with Gasteiger partial charge in [0.25, 0.3) is 5.91 Å². The van der Waals surface area contributed by atoms with Crippen molar-refractivity contribution in [3.63, 3.8) is 0 Å². The van der Waals surface area contributed by atoms with Crippen molar-refractivity contribution in [2.24, 2.45) is 17.8 Å². The Morgan fingerprint density at radius 2 is 1.86 bits per heavy atom. The van der Waals surface area contributed by atoms with E-state index >= 15 is 0 Å². The average molecular weight is 615 g/mol. The minimum atomic E-state index is -3.87. The zero-order valence-corrected chi connectivity index (χ0v) is 26.2. The van der Waals surface area contributed by atoms with Crippen LogP contribution in [0, 0.1) is 17.8 Å². The summed E-state index contributed by atoms with van der Waals surface area (Å²) in [6.07, 6.45) is 7.88. The van der Waals surface area contributed by atoms with E-state index in [9.17, 15) is 18.3 Å². The van der Waals surface area contributed by atoms with E-state index < -0.39 is 21.2 Å². The summed E-state index contributed by atoms with van der Waals surface area (Å²) in [5, 5.41) is 11.2. The molecule has 0 unspecified atom stereocenters. The molecule has 4 aliphatic rings. The van der Waals surface area contributed by atoms with Gasteiger partial charge in [-0.2, -0.15) is 0 Å². The van der Waals surface area contributed by atoms with Gasteiger partial charge in [0.1, 0.15) is 5.75 Å². The fourth-order valence-electron chi connectivity index (χ4n) is 7.72. The van der Waals surface area contributed by atoms with Gasteiger partial charge in [-0.1, -0.05) is 37.4 Å². The first kappa shape index (κ1) is 29.8. The number of hydrogen-bond donors (Lipinski definition) is 2. The molecule has 2 aliphatic carbocycles. The SMILES string of the molecule is C[C@@H]1[C@@H](C)CCCC[C@H](O)[C@@H]2CC[C@H]2CN2C[C@@]3(CCCc4cc(Cl)ccc43)COc3ccc(cc32)C(=O)NS1(=O)=O. The number of rotatable bonds is 0. The Kier molecular flexibility index (Phi) is 8.26. The number of hydrogen-bond acceptors (Lipinski definition) is 6. The second-order valence-corrected chi connectivity index (χ2v) is 15.8. The van der Waals surface area contributed by atoms with E-state index in [0.717, 1.165) is 75.0 Å². The number of carbonyl (C=O) groups excluding carboxylic acids is 1. The van der Waals surface area contributed by atoms with Crippen LogP contribution in [0.2, 0.25) is 5.02 Å². The molecule has 0 aromatic heterocycles. The number of nitrogens with one attached hydrogen (secondary N) is 1. The van der Waals surface area contributed by atoms with E-state index in [-0.39, 0.29) is 23.4 Å². The van der Waals surface area contributed by atoms with Crippen molar-refractivity contribution in [3.8, 4) is 5.75 Å². The van der Waals surface area contributed by atoms with Crippen LogP contribution in [0.1, 0.15) is 86.7 Å². The summed E-state index contributed by atoms with van der Waals surface area (Å²) in [7, 11) is -3.87. The van der Waals surface area contributed by atoms with Gasteiger partial charge in [-0.3, -0.25) is 4.79 Å². The molecule has 2 aromatic rings. The maximum atomic E-state index is 13.4. The minimum absolute atomic E-state index is 0.111. The molecular weight excluding hydrogens is 572 g/mol. The number of anilines is 1. The number of ether oxygens (including phenoxy) is 1. The Balaban J connectivity index is 1.40. The van der Waals surface area contributed by atoms with Gasteiger partial charge in [-0.15, -0.1) is 0 Å². The monoisotopic (exact) mass is 614 g/mol. The third-order valence-electron chi connectivity index (χ3n) is 10.7. The van der Waals surface area contributed by atoms with Gasteiger partial charge in [0.2, 0.25) is 10.0 Å². The van der Waals surface area contributed by atoms with Crippen LogP contribution in [0.25, 0.3) is 0 Å². The molecule has 1 amide bonds. The lowest BCUT2D eigenvalue weighted by Crippen LogP contribution is -2.49. The second-order valence-electron chi connectivity index (χ2n) is 13.3. The molecule has 2 aliphatic heterocycles. The third-order valence-corrected chi connectivity index (χ3v) is 12.8. The lowest BCUT2D eigenvalue weighted by atomic mass is 9.68. The Morgan fingerprint density at radius 3 is 2.64 bits per heavy atom. The van der Waals surface area contributed by atoms with E-state index in [1.807, 2.05) is 19.1 Å². The Labute approximate surface area is 255 Å². The number of sulfonamides is 1. The molecule has 2 aromatic carbocycles. The van der Waals surface area contributed by atoms with E-state index in [4.69, 9.17) is 16.3 Å². The van der Waals surface area contributed by atoms with E-state index in [1.54, 1.807) is 19.1 Å². The van der Waals surface area contributed by atoms with Gasteiger partial charge < -0.3 is 14.7 Å². The number of amides is 1. The predicted octanol–water partition coefficient (Wildman–Crippen LogP) is 5.86. The summed E-state index contributed by atoms with van der Waals surface area (Å²) in [6.45, 7) is 5.57. The molecule has 9 heteroatoms. The zero-order valence-electron chi connectivity index (χ0n) is 24.6. The smallest absolute Gasteiger partial charge is 0.264 e. The first-order valence-electron chi connectivity index (χ1n) is 15.6. The predicted molar refractivity (Wildman–Crippen MR) is 166 cm³/mol. The molecule has 7 nitrogen and oxygen atoms in total. The van der Waals surface area contributed by atoms with Crippen molar-refractivity contribution in [2.75, 3.05) is 24.6 Å². The molecular formula is C33H43ClN2O5S. The largest absolute Gasteiger partial charge is 0.490 e. The number of aryl methyl sites for hydroxylation is 1. The molecule has 2 bridgehead atoms. The number of carbonyl (C=O) groups is 1. The van der Waals surface area contributed by atoms with Crippen molar-refractivity contribution < 1.29 is 23.1 Å². The quantitative estimate of drug-likeness (QED) is 0.386. The summed E-state index contributed by atoms with van der Waals surface area (Å²) in [6, 6.07) is 11.5. The molecule has 228 valence electrons. The minimum Gasteiger partial charge on any atom is -0.490 e. The first-order valence-corrected chi connectivity index (χ1v) is 17.5. The first-order chi connectivity index (χ1) is 20.1. The molecule has 1 spiro atoms. The highest BCUT2D eigenvalue weighted by Crippen LogP contribution is 2.47. The third kappa shape index (κ3) is 5.67. The molecule has 6 atom stereocenters. The van der Waals surface area contributed by atoms with Crippen LogP contribution >= 0.6 is 11.6 Å². The van der Waals surface area contributed by atoms with Gasteiger partial charge in [-0.25, -0.2) is 13.1 Å². The van der Waals surface area contributed by atoms with Crippen molar-refractivity contribution in [1.82, 2.24) is 4.72 Å². The Morgan fingerprint density at radius 1 is 1.05 bits per heavy atom. The standard InChI is InChI=1S/C33H43ClN2O5S/c1-21-6-3-4-8-30(37)27-12-9-25(27)18-36-19-33(15-5-7-23-16-26(34)11-13-28(23)33)20-41-31-14-10-24(17-29(31)36)32(38)35-42(39,40)22(21)2/h10-11,13-14,16-17,21-22,25,27,30,37H,3-9,12,15,18-20H2,1-2H3,(H,35,38)/t21-,22+,25-,27+,30-,33-/m0/s1. The van der Waals surface area contributed by atoms with Gasteiger partial charge in [0.15, 0.2) is 0 Å². The molecule has 6 rings (SSSR count). The highest BCUT2D eigenvalue weighted by molar-refractivity contribution is 7.90. The molecule has 2 heterocycles. The number of benzene rings is 2. The number of aliphatic hydroxyl groups is 1. The number of fused-ring (bicyclic) bond motifs is 4. The van der Waals surface area contributed by atoms with Crippen LogP contribution in [0.4, 0.5) is 5.69 Å². The molecule has 1 saturated carbocycles. The lowest BCUT2D eigenvalue weighted by Gasteiger charge is -2.45. The van der Waals surface area contributed by atoms with Crippen molar-refractivity contribution in [1.29, 1.82) is 0 Å². The van der Waals surface area contributed by atoms with E-state index in [1.165, 1.54) is 11.1 Å². The summed E-state index contributed by atoms with van der Waals surface area (Å²) in [5.41, 5.74) is 3.40. The molecule has 0 radical (unpaired) electrons.